The van der Waals surface area contributed by atoms with E-state index in [0.29, 0.717) is 0 Å². The Hall–Kier alpha value is -1.82. The van der Waals surface area contributed by atoms with Gasteiger partial charge in [-0.1, -0.05) is 0 Å². The standard InChI is InChI=1S/C9H11NO5/c1-14-6-4-10-7(15-2)3-5(6)8(11)9(12)13/h3-4,8,11H,1-2H3,(H,12,13). The second-order valence-electron chi connectivity index (χ2n) is 2.71. The van der Waals surface area contributed by atoms with Gasteiger partial charge in [-0.25, -0.2) is 9.78 Å². The predicted molar refractivity (Wildman–Crippen MR) is 49.9 cm³/mol. The normalized spacial score (nSPS) is 11.9. The molecule has 1 aromatic rings. The van der Waals surface area contributed by atoms with Gasteiger partial charge in [0.1, 0.15) is 5.75 Å². The van der Waals surface area contributed by atoms with Crippen molar-refractivity contribution in [1.82, 2.24) is 4.98 Å². The first kappa shape index (κ1) is 11.3. The molecule has 2 N–H and O–H groups in total. The molecular weight excluding hydrogens is 202 g/mol. The Bertz CT molecular complexity index is 366. The molecule has 0 spiro atoms. The molecule has 0 aliphatic rings. The van der Waals surface area contributed by atoms with Crippen molar-refractivity contribution >= 4 is 5.97 Å². The largest absolute Gasteiger partial charge is 0.495 e. The lowest BCUT2D eigenvalue weighted by atomic mass is 10.1. The Balaban J connectivity index is 3.16. The molecule has 0 aromatic carbocycles. The number of hydrogen-bond donors (Lipinski definition) is 2. The van der Waals surface area contributed by atoms with E-state index in [1.807, 2.05) is 0 Å². The second kappa shape index (κ2) is 4.61. The van der Waals surface area contributed by atoms with E-state index in [-0.39, 0.29) is 17.2 Å². The first-order chi connectivity index (χ1) is 7.10. The fourth-order valence-corrected chi connectivity index (χ4v) is 1.07. The molecule has 1 rings (SSSR count). The van der Waals surface area contributed by atoms with E-state index in [4.69, 9.17) is 14.6 Å². The number of aliphatic hydroxyl groups is 1. The summed E-state index contributed by atoms with van der Waals surface area (Å²) in [5.74, 6) is -0.946. The monoisotopic (exact) mass is 213 g/mol. The molecule has 82 valence electrons. The molecule has 1 heterocycles. The molecule has 0 aliphatic carbocycles. The number of hydrogen-bond acceptors (Lipinski definition) is 5. The zero-order chi connectivity index (χ0) is 11.4. The molecule has 1 aromatic heterocycles. The van der Waals surface area contributed by atoms with E-state index in [9.17, 15) is 9.90 Å². The van der Waals surface area contributed by atoms with Gasteiger partial charge in [0, 0.05) is 11.6 Å². The van der Waals surface area contributed by atoms with E-state index >= 15 is 0 Å². The van der Waals surface area contributed by atoms with E-state index in [1.165, 1.54) is 26.5 Å². The average molecular weight is 213 g/mol. The van der Waals surface area contributed by atoms with Gasteiger partial charge >= 0.3 is 5.97 Å². The van der Waals surface area contributed by atoms with Crippen molar-refractivity contribution in [3.05, 3.63) is 17.8 Å². The Morgan fingerprint density at radius 1 is 1.47 bits per heavy atom. The highest BCUT2D eigenvalue weighted by Crippen LogP contribution is 2.27. The molecule has 0 amide bonds. The van der Waals surface area contributed by atoms with Gasteiger partial charge in [0.05, 0.1) is 20.4 Å². The van der Waals surface area contributed by atoms with Crippen LogP contribution in [-0.4, -0.2) is 35.4 Å². The quantitative estimate of drug-likeness (QED) is 0.743. The Labute approximate surface area is 86.1 Å². The maximum absolute atomic E-state index is 10.6. The number of methoxy groups -OCH3 is 2. The van der Waals surface area contributed by atoms with Gasteiger partial charge in [-0.05, 0) is 0 Å². The molecule has 0 saturated heterocycles. The molecule has 0 radical (unpaired) electrons. The van der Waals surface area contributed by atoms with Crippen LogP contribution in [0.5, 0.6) is 11.6 Å². The van der Waals surface area contributed by atoms with Crippen molar-refractivity contribution in [1.29, 1.82) is 0 Å². The Morgan fingerprint density at radius 3 is 2.60 bits per heavy atom. The van der Waals surface area contributed by atoms with Gasteiger partial charge < -0.3 is 19.7 Å². The van der Waals surface area contributed by atoms with Gasteiger partial charge in [-0.2, -0.15) is 0 Å². The van der Waals surface area contributed by atoms with Crippen LogP contribution in [0.3, 0.4) is 0 Å². The number of nitrogens with zero attached hydrogens (tertiary/aromatic N) is 1. The maximum Gasteiger partial charge on any atom is 0.337 e. The minimum Gasteiger partial charge on any atom is -0.495 e. The number of pyridine rings is 1. The third-order valence-corrected chi connectivity index (χ3v) is 1.83. The highest BCUT2D eigenvalue weighted by molar-refractivity contribution is 5.75. The van der Waals surface area contributed by atoms with E-state index in [2.05, 4.69) is 4.98 Å². The second-order valence-corrected chi connectivity index (χ2v) is 2.71. The van der Waals surface area contributed by atoms with Crippen molar-refractivity contribution in [3.8, 4) is 11.6 Å². The lowest BCUT2D eigenvalue weighted by Crippen LogP contribution is -2.12. The van der Waals surface area contributed by atoms with Crippen molar-refractivity contribution in [2.45, 2.75) is 6.10 Å². The lowest BCUT2D eigenvalue weighted by molar-refractivity contribution is -0.147. The first-order valence-corrected chi connectivity index (χ1v) is 4.09. The number of aliphatic carboxylic acids is 1. The molecule has 0 aliphatic heterocycles. The number of rotatable bonds is 4. The maximum atomic E-state index is 10.6. The smallest absolute Gasteiger partial charge is 0.337 e. The van der Waals surface area contributed by atoms with Crippen molar-refractivity contribution < 1.29 is 24.5 Å². The zero-order valence-corrected chi connectivity index (χ0v) is 8.30. The minimum absolute atomic E-state index is 0.108. The van der Waals surface area contributed by atoms with Crippen LogP contribution in [0.25, 0.3) is 0 Å². The third kappa shape index (κ3) is 2.35. The molecule has 1 unspecified atom stereocenters. The van der Waals surface area contributed by atoms with Gasteiger partial charge in [0.25, 0.3) is 0 Å². The van der Waals surface area contributed by atoms with Crippen molar-refractivity contribution in [2.75, 3.05) is 14.2 Å². The molecule has 15 heavy (non-hydrogen) atoms. The number of carboxylic acid groups (broad SMARTS) is 1. The zero-order valence-electron chi connectivity index (χ0n) is 8.30. The molecule has 0 fully saturated rings. The lowest BCUT2D eigenvalue weighted by Gasteiger charge is -2.11. The third-order valence-electron chi connectivity index (χ3n) is 1.83. The number of ether oxygens (including phenoxy) is 2. The summed E-state index contributed by atoms with van der Waals surface area (Å²) in [6.07, 6.45) is -0.364. The van der Waals surface area contributed by atoms with E-state index in [1.54, 1.807) is 0 Å². The van der Waals surface area contributed by atoms with Gasteiger partial charge in [-0.15, -0.1) is 0 Å². The highest BCUT2D eigenvalue weighted by Gasteiger charge is 2.21. The van der Waals surface area contributed by atoms with Crippen LogP contribution in [0, 0.1) is 0 Å². The van der Waals surface area contributed by atoms with Crippen LogP contribution in [0.15, 0.2) is 12.3 Å². The summed E-state index contributed by atoms with van der Waals surface area (Å²) in [6, 6.07) is 1.32. The number of carboxylic acids is 1. The van der Waals surface area contributed by atoms with E-state index < -0.39 is 12.1 Å². The number of aliphatic hydroxyl groups excluding tert-OH is 1. The van der Waals surface area contributed by atoms with Crippen LogP contribution in [-0.2, 0) is 4.79 Å². The van der Waals surface area contributed by atoms with Crippen molar-refractivity contribution in [2.24, 2.45) is 0 Å². The molecule has 1 atom stereocenters. The first-order valence-electron chi connectivity index (χ1n) is 4.09. The van der Waals surface area contributed by atoms with Crippen LogP contribution in [0.4, 0.5) is 0 Å². The summed E-state index contributed by atoms with van der Waals surface area (Å²) >= 11 is 0. The van der Waals surface area contributed by atoms with Crippen LogP contribution >= 0.6 is 0 Å². The molecule has 0 saturated carbocycles. The van der Waals surface area contributed by atoms with E-state index in [0.717, 1.165) is 0 Å². The topological polar surface area (TPSA) is 88.9 Å². The summed E-state index contributed by atoms with van der Waals surface area (Å²) < 4.78 is 9.69. The van der Waals surface area contributed by atoms with Gasteiger partial charge in [0.15, 0.2) is 6.10 Å². The molecule has 6 heteroatoms. The Kier molecular flexibility index (Phi) is 3.46. The summed E-state index contributed by atoms with van der Waals surface area (Å²) in [5.41, 5.74) is 0.108. The summed E-state index contributed by atoms with van der Waals surface area (Å²) in [6.45, 7) is 0. The highest BCUT2D eigenvalue weighted by atomic mass is 16.5. The number of carbonyl (C=O) groups is 1. The van der Waals surface area contributed by atoms with Crippen LogP contribution < -0.4 is 9.47 Å². The van der Waals surface area contributed by atoms with Crippen LogP contribution in [0.2, 0.25) is 0 Å². The van der Waals surface area contributed by atoms with Crippen molar-refractivity contribution in [3.63, 3.8) is 0 Å². The van der Waals surface area contributed by atoms with Gasteiger partial charge in [0.2, 0.25) is 5.88 Å². The SMILES string of the molecule is COc1cc(C(O)C(=O)O)c(OC)cn1. The minimum atomic E-state index is -1.66. The predicted octanol–water partition coefficient (Wildman–Crippen LogP) is 0.217. The fourth-order valence-electron chi connectivity index (χ4n) is 1.07. The Morgan fingerprint density at radius 2 is 2.13 bits per heavy atom. The summed E-state index contributed by atoms with van der Waals surface area (Å²) in [7, 11) is 2.76. The summed E-state index contributed by atoms with van der Waals surface area (Å²) in [5, 5.41) is 18.0. The summed E-state index contributed by atoms with van der Waals surface area (Å²) in [4.78, 5) is 14.4. The molecule has 6 nitrogen and oxygen atoms in total. The molecular formula is C9H11NO5. The van der Waals surface area contributed by atoms with Crippen LogP contribution in [0.1, 0.15) is 11.7 Å². The van der Waals surface area contributed by atoms with Gasteiger partial charge in [-0.3, -0.25) is 0 Å². The fraction of sp³-hybridized carbons (Fsp3) is 0.333. The molecule has 0 bridgehead atoms. The number of aromatic nitrogens is 1. The average Bonchev–Trinajstić information content (AvgIpc) is 2.27.